The van der Waals surface area contributed by atoms with E-state index in [0.29, 0.717) is 34.4 Å². The average molecular weight is 427 g/mol. The topological polar surface area (TPSA) is 128 Å². The number of carbonyl (C=O) groups is 2. The highest BCUT2D eigenvalue weighted by molar-refractivity contribution is 6.31. The molecule has 0 aliphatic rings. The molecule has 30 heavy (non-hydrogen) atoms. The Bertz CT molecular complexity index is 1260. The zero-order chi connectivity index (χ0) is 21.3. The molecule has 9 nitrogen and oxygen atoms in total. The lowest BCUT2D eigenvalue weighted by molar-refractivity contribution is -0.118. The van der Waals surface area contributed by atoms with Crippen LogP contribution in [0.5, 0.6) is 0 Å². The van der Waals surface area contributed by atoms with Gasteiger partial charge in [0.2, 0.25) is 17.8 Å². The van der Waals surface area contributed by atoms with Crippen LogP contribution >= 0.6 is 11.6 Å². The summed E-state index contributed by atoms with van der Waals surface area (Å²) in [5.74, 6) is 0.186. The van der Waals surface area contributed by atoms with Crippen LogP contribution in [0.25, 0.3) is 22.1 Å². The molecule has 10 heteroatoms. The van der Waals surface area contributed by atoms with Crippen molar-refractivity contribution in [2.75, 3.05) is 11.9 Å². The van der Waals surface area contributed by atoms with Gasteiger partial charge in [0, 0.05) is 18.5 Å². The van der Waals surface area contributed by atoms with E-state index in [1.807, 2.05) is 17.7 Å². The van der Waals surface area contributed by atoms with Crippen molar-refractivity contribution in [1.82, 2.24) is 19.5 Å². The first-order valence-corrected chi connectivity index (χ1v) is 9.63. The van der Waals surface area contributed by atoms with Gasteiger partial charge >= 0.3 is 5.97 Å². The summed E-state index contributed by atoms with van der Waals surface area (Å²) in [7, 11) is 1.86. The fraction of sp³-hybridized carbons (Fsp3) is 0.200. The number of ether oxygens (including phenoxy) is 1. The molecule has 0 radical (unpaired) electrons. The molecule has 4 aromatic rings. The molecule has 0 saturated carbocycles. The van der Waals surface area contributed by atoms with Gasteiger partial charge < -0.3 is 20.0 Å². The van der Waals surface area contributed by atoms with Crippen LogP contribution in [0.1, 0.15) is 23.2 Å². The number of hydrogen-bond acceptors (Lipinski definition) is 6. The predicted molar refractivity (Wildman–Crippen MR) is 114 cm³/mol. The fourth-order valence-electron chi connectivity index (χ4n) is 3.08. The lowest BCUT2D eigenvalue weighted by Gasteiger charge is -2.04. The smallest absolute Gasteiger partial charge is 0.338 e. The Balaban J connectivity index is 1.52. The van der Waals surface area contributed by atoms with Gasteiger partial charge in [-0.25, -0.2) is 14.8 Å². The van der Waals surface area contributed by atoms with Crippen LogP contribution in [-0.2, 0) is 16.6 Å². The summed E-state index contributed by atoms with van der Waals surface area (Å²) in [5.41, 5.74) is 8.51. The number of halogens is 1. The molecule has 0 atom stereocenters. The number of primary amides is 1. The number of aromatic amines is 1. The van der Waals surface area contributed by atoms with Crippen molar-refractivity contribution in [3.05, 3.63) is 47.0 Å². The Morgan fingerprint density at radius 3 is 2.83 bits per heavy atom. The van der Waals surface area contributed by atoms with E-state index in [4.69, 9.17) is 22.1 Å². The minimum Gasteiger partial charge on any atom is -0.462 e. The monoisotopic (exact) mass is 426 g/mol. The Morgan fingerprint density at radius 2 is 2.03 bits per heavy atom. The minimum absolute atomic E-state index is 0.130. The summed E-state index contributed by atoms with van der Waals surface area (Å²) in [6, 6.07) is 10.5. The lowest BCUT2D eigenvalue weighted by atomic mass is 10.2. The van der Waals surface area contributed by atoms with Crippen molar-refractivity contribution in [3.63, 3.8) is 0 Å². The number of nitrogens with two attached hydrogens (primary N) is 1. The van der Waals surface area contributed by atoms with Crippen LogP contribution in [0.15, 0.2) is 36.4 Å². The zero-order valence-corrected chi connectivity index (χ0v) is 16.9. The molecule has 4 rings (SSSR count). The van der Waals surface area contributed by atoms with Crippen LogP contribution in [0, 0.1) is 0 Å². The molecule has 0 unspecified atom stereocenters. The summed E-state index contributed by atoms with van der Waals surface area (Å²) in [4.78, 5) is 35.2. The Hall–Kier alpha value is -3.59. The number of anilines is 2. The van der Waals surface area contributed by atoms with Gasteiger partial charge in [0.15, 0.2) is 0 Å². The summed E-state index contributed by atoms with van der Waals surface area (Å²) in [5, 5.41) is 3.77. The molecule has 0 saturated heterocycles. The van der Waals surface area contributed by atoms with E-state index in [2.05, 4.69) is 20.3 Å². The second-order valence-corrected chi connectivity index (χ2v) is 7.21. The molecular weight excluding hydrogens is 408 g/mol. The van der Waals surface area contributed by atoms with E-state index in [-0.39, 0.29) is 13.0 Å². The number of benzene rings is 2. The van der Waals surface area contributed by atoms with Crippen LogP contribution in [0.4, 0.5) is 11.9 Å². The first kappa shape index (κ1) is 19.7. The third-order valence-electron chi connectivity index (χ3n) is 4.59. The van der Waals surface area contributed by atoms with E-state index in [0.717, 1.165) is 16.6 Å². The Morgan fingerprint density at radius 1 is 1.20 bits per heavy atom. The standard InChI is InChI=1S/C20H19ClN6O3/c1-27-16-7-4-11(18(29)30-8-2-3-17(22)28)9-15(16)25-20(27)26-19-23-13-6-5-12(21)10-14(13)24-19/h4-7,9-10H,2-3,8H2,1H3,(H2,22,28)(H2,23,24,25,26). The average Bonchev–Trinajstić information content (AvgIpc) is 3.24. The van der Waals surface area contributed by atoms with Gasteiger partial charge in [0.05, 0.1) is 34.2 Å². The van der Waals surface area contributed by atoms with Gasteiger partial charge in [-0.3, -0.25) is 10.1 Å². The molecule has 0 spiro atoms. The number of aryl methyl sites for hydroxylation is 1. The third kappa shape index (κ3) is 4.06. The SMILES string of the molecule is Cn1c(Nc2nc3ccc(Cl)cc3[nH]2)nc2cc(C(=O)OCCCC(N)=O)ccc21. The molecule has 0 bridgehead atoms. The number of hydrogen-bond donors (Lipinski definition) is 3. The van der Waals surface area contributed by atoms with Crippen LogP contribution < -0.4 is 11.1 Å². The van der Waals surface area contributed by atoms with Gasteiger partial charge in [-0.15, -0.1) is 0 Å². The van der Waals surface area contributed by atoms with Gasteiger partial charge in [-0.1, -0.05) is 11.6 Å². The van der Waals surface area contributed by atoms with E-state index < -0.39 is 11.9 Å². The number of fused-ring (bicyclic) bond motifs is 2. The van der Waals surface area contributed by atoms with Crippen molar-refractivity contribution >= 4 is 57.4 Å². The number of carbonyl (C=O) groups excluding carboxylic acids is 2. The van der Waals surface area contributed by atoms with Crippen molar-refractivity contribution in [3.8, 4) is 0 Å². The zero-order valence-electron chi connectivity index (χ0n) is 16.1. The normalized spacial score (nSPS) is 11.1. The highest BCUT2D eigenvalue weighted by atomic mass is 35.5. The Kier molecular flexibility index (Phi) is 5.28. The fourth-order valence-corrected chi connectivity index (χ4v) is 3.25. The molecule has 2 aromatic carbocycles. The second-order valence-electron chi connectivity index (χ2n) is 6.78. The predicted octanol–water partition coefficient (Wildman–Crippen LogP) is 3.27. The number of amides is 1. The number of nitrogens with zero attached hydrogens (tertiary/aromatic N) is 3. The maximum absolute atomic E-state index is 12.2. The van der Waals surface area contributed by atoms with E-state index in [1.165, 1.54) is 0 Å². The number of imidazole rings is 2. The first-order chi connectivity index (χ1) is 14.4. The molecule has 4 N–H and O–H groups in total. The maximum atomic E-state index is 12.2. The number of esters is 1. The summed E-state index contributed by atoms with van der Waals surface area (Å²) >= 11 is 6.02. The van der Waals surface area contributed by atoms with Crippen molar-refractivity contribution in [2.24, 2.45) is 12.8 Å². The van der Waals surface area contributed by atoms with E-state index in [9.17, 15) is 9.59 Å². The number of rotatable bonds is 7. The molecular formula is C20H19ClN6O3. The highest BCUT2D eigenvalue weighted by Gasteiger charge is 2.14. The molecule has 154 valence electrons. The summed E-state index contributed by atoms with van der Waals surface area (Å²) < 4.78 is 7.04. The van der Waals surface area contributed by atoms with Crippen LogP contribution in [0.2, 0.25) is 5.02 Å². The van der Waals surface area contributed by atoms with Crippen molar-refractivity contribution in [2.45, 2.75) is 12.8 Å². The quantitative estimate of drug-likeness (QED) is 0.307. The Labute approximate surface area is 176 Å². The first-order valence-electron chi connectivity index (χ1n) is 9.25. The second kappa shape index (κ2) is 8.03. The van der Waals surface area contributed by atoms with Gasteiger partial charge in [-0.2, -0.15) is 0 Å². The third-order valence-corrected chi connectivity index (χ3v) is 4.83. The van der Waals surface area contributed by atoms with E-state index >= 15 is 0 Å². The minimum atomic E-state index is -0.476. The highest BCUT2D eigenvalue weighted by Crippen LogP contribution is 2.24. The molecule has 2 heterocycles. The molecule has 0 aliphatic heterocycles. The molecule has 1 amide bonds. The van der Waals surface area contributed by atoms with Crippen molar-refractivity contribution in [1.29, 1.82) is 0 Å². The largest absolute Gasteiger partial charge is 0.462 e. The number of aromatic nitrogens is 4. The summed E-state index contributed by atoms with van der Waals surface area (Å²) in [6.45, 7) is 0.130. The molecule has 0 aliphatic carbocycles. The van der Waals surface area contributed by atoms with Crippen molar-refractivity contribution < 1.29 is 14.3 Å². The van der Waals surface area contributed by atoms with Crippen LogP contribution in [0.3, 0.4) is 0 Å². The lowest BCUT2D eigenvalue weighted by Crippen LogP contribution is -2.12. The van der Waals surface area contributed by atoms with E-state index in [1.54, 1.807) is 30.3 Å². The van der Waals surface area contributed by atoms with Gasteiger partial charge in [0.25, 0.3) is 0 Å². The van der Waals surface area contributed by atoms with Gasteiger partial charge in [-0.05, 0) is 42.8 Å². The summed E-state index contributed by atoms with van der Waals surface area (Å²) in [6.07, 6.45) is 0.569. The van der Waals surface area contributed by atoms with Crippen LogP contribution in [-0.4, -0.2) is 38.0 Å². The number of H-pyrrole nitrogens is 1. The molecule has 2 aromatic heterocycles. The number of nitrogens with one attached hydrogen (secondary N) is 2. The van der Waals surface area contributed by atoms with Gasteiger partial charge in [0.1, 0.15) is 0 Å². The maximum Gasteiger partial charge on any atom is 0.338 e. The molecule has 0 fully saturated rings.